The average Bonchev–Trinajstić information content (AvgIpc) is 3.57. The maximum absolute atomic E-state index is 14.2. The monoisotopic (exact) mass is 597 g/mol. The quantitative estimate of drug-likeness (QED) is 0.381. The molecule has 1 saturated heterocycles. The molecule has 1 aromatic carbocycles. The van der Waals surface area contributed by atoms with Gasteiger partial charge in [-0.25, -0.2) is 27.5 Å². The third-order valence-corrected chi connectivity index (χ3v) is 8.11. The Hall–Kier alpha value is -4.29. The minimum Gasteiger partial charge on any atom is -0.331 e. The fourth-order valence-corrected chi connectivity index (χ4v) is 5.79. The second-order valence-electron chi connectivity index (χ2n) is 11.5. The highest BCUT2D eigenvalue weighted by atomic mass is 19.3. The van der Waals surface area contributed by atoms with Gasteiger partial charge >= 0.3 is 0 Å². The standard InChI is InChI=1S/C30H31F4N7O2/c1-4-39-28(43)24-26(41-15-23(17(2)3)36-29(39)41)40(14-18-6-8-20(31)21(32)12-18)25(37-24)19-7-9-22(35-13-19)27(42)38-11-5-10-30(33,34)16-38/h6-9,12-13,17,23H,4-5,10-11,14-16H2,1-3H3/t23-/m0/s1. The number of fused-ring (bicyclic) bond motifs is 3. The number of alkyl halides is 2. The molecule has 0 N–H and O–H groups in total. The molecule has 5 heterocycles. The first-order chi connectivity index (χ1) is 20.5. The summed E-state index contributed by atoms with van der Waals surface area (Å²) < 4.78 is 57.6. The third-order valence-electron chi connectivity index (χ3n) is 8.11. The molecule has 13 heteroatoms. The molecule has 6 rings (SSSR count). The van der Waals surface area contributed by atoms with E-state index in [0.717, 1.165) is 17.0 Å². The van der Waals surface area contributed by atoms with Crippen LogP contribution in [-0.4, -0.2) is 80.3 Å². The summed E-state index contributed by atoms with van der Waals surface area (Å²) in [5, 5.41) is 0. The van der Waals surface area contributed by atoms with Crippen molar-refractivity contribution in [3.8, 4) is 11.4 Å². The lowest BCUT2D eigenvalue weighted by Crippen LogP contribution is -2.50. The maximum atomic E-state index is 14.2. The molecule has 3 aromatic rings. The molecular weight excluding hydrogens is 566 g/mol. The van der Waals surface area contributed by atoms with Crippen LogP contribution in [0.5, 0.6) is 0 Å². The summed E-state index contributed by atoms with van der Waals surface area (Å²) in [7, 11) is 0. The van der Waals surface area contributed by atoms with E-state index in [9.17, 15) is 27.2 Å². The number of pyridine rings is 1. The molecule has 3 aliphatic heterocycles. The fourth-order valence-electron chi connectivity index (χ4n) is 5.79. The first-order valence-corrected chi connectivity index (χ1v) is 14.3. The van der Waals surface area contributed by atoms with E-state index in [1.165, 1.54) is 18.3 Å². The first-order valence-electron chi connectivity index (χ1n) is 14.3. The van der Waals surface area contributed by atoms with Gasteiger partial charge in [0.1, 0.15) is 17.3 Å². The summed E-state index contributed by atoms with van der Waals surface area (Å²) in [6.45, 7) is 6.43. The number of aromatic nitrogens is 3. The molecule has 0 unspecified atom stereocenters. The number of nitrogens with zero attached hydrogens (tertiary/aromatic N) is 7. The molecule has 226 valence electrons. The van der Waals surface area contributed by atoms with Crippen LogP contribution < -0.4 is 4.90 Å². The van der Waals surface area contributed by atoms with Crippen molar-refractivity contribution in [1.29, 1.82) is 0 Å². The Kier molecular flexibility index (Phi) is 7.21. The van der Waals surface area contributed by atoms with E-state index in [4.69, 9.17) is 9.98 Å². The lowest BCUT2D eigenvalue weighted by atomic mass is 10.1. The van der Waals surface area contributed by atoms with Gasteiger partial charge in [-0.2, -0.15) is 0 Å². The predicted octanol–water partition coefficient (Wildman–Crippen LogP) is 4.82. The number of halogens is 4. The molecule has 1 atom stereocenters. The molecule has 0 aliphatic carbocycles. The Morgan fingerprint density at radius 1 is 1.14 bits per heavy atom. The molecule has 43 heavy (non-hydrogen) atoms. The summed E-state index contributed by atoms with van der Waals surface area (Å²) in [4.78, 5) is 45.1. The Balaban J connectivity index is 1.43. The van der Waals surface area contributed by atoms with E-state index in [-0.39, 0.29) is 55.2 Å². The van der Waals surface area contributed by atoms with Crippen molar-refractivity contribution < 1.29 is 27.2 Å². The number of benzene rings is 1. The van der Waals surface area contributed by atoms with Crippen LogP contribution in [0.1, 0.15) is 60.2 Å². The minimum absolute atomic E-state index is 0.00639. The van der Waals surface area contributed by atoms with Gasteiger partial charge in [0, 0.05) is 31.3 Å². The molecule has 2 amide bonds. The number of imidazole rings is 1. The van der Waals surface area contributed by atoms with Crippen LogP contribution in [0.15, 0.2) is 41.5 Å². The van der Waals surface area contributed by atoms with Crippen LogP contribution in [0.2, 0.25) is 0 Å². The van der Waals surface area contributed by atoms with Gasteiger partial charge in [-0.1, -0.05) is 19.9 Å². The Morgan fingerprint density at radius 2 is 1.93 bits per heavy atom. The number of likely N-dealkylation sites (tertiary alicyclic amines) is 1. The largest absolute Gasteiger partial charge is 0.331 e. The van der Waals surface area contributed by atoms with E-state index < -0.39 is 30.0 Å². The Bertz CT molecular complexity index is 1620. The molecular formula is C30H31F4N7O2. The molecule has 0 bridgehead atoms. The molecule has 0 spiro atoms. The number of guanidine groups is 1. The number of piperidine rings is 1. The van der Waals surface area contributed by atoms with Crippen molar-refractivity contribution in [2.24, 2.45) is 10.9 Å². The summed E-state index contributed by atoms with van der Waals surface area (Å²) in [6.07, 6.45) is 1.35. The summed E-state index contributed by atoms with van der Waals surface area (Å²) in [6, 6.07) is 6.56. The highest BCUT2D eigenvalue weighted by Gasteiger charge is 2.44. The van der Waals surface area contributed by atoms with E-state index in [2.05, 4.69) is 18.8 Å². The third kappa shape index (κ3) is 5.14. The number of carbonyl (C=O) groups excluding carboxylic acids is 2. The Labute approximate surface area is 245 Å². The number of rotatable bonds is 6. The van der Waals surface area contributed by atoms with Crippen LogP contribution in [0.25, 0.3) is 11.4 Å². The van der Waals surface area contributed by atoms with Crippen molar-refractivity contribution >= 4 is 23.6 Å². The second kappa shape index (κ2) is 10.8. The summed E-state index contributed by atoms with van der Waals surface area (Å²) in [5.41, 5.74) is 1.08. The summed E-state index contributed by atoms with van der Waals surface area (Å²) in [5.74, 6) is -4.35. The lowest BCUT2D eigenvalue weighted by molar-refractivity contribution is -0.0561. The van der Waals surface area contributed by atoms with Gasteiger partial charge in [0.05, 0.1) is 25.7 Å². The highest BCUT2D eigenvalue weighted by molar-refractivity contribution is 6.18. The van der Waals surface area contributed by atoms with Gasteiger partial charge in [-0.05, 0) is 49.1 Å². The van der Waals surface area contributed by atoms with Crippen molar-refractivity contribution in [1.82, 2.24) is 24.3 Å². The zero-order chi connectivity index (χ0) is 30.6. The SMILES string of the molecule is CCN1C(=O)c2nc(-c3ccc(C(=O)N4CCCC(F)(F)C4)nc3)n(Cc3ccc(F)c(F)c3)c2N2C[C@@H](C(C)C)N=C12. The van der Waals surface area contributed by atoms with E-state index in [1.807, 2.05) is 11.8 Å². The highest BCUT2D eigenvalue weighted by Crippen LogP contribution is 2.37. The number of anilines is 1. The molecule has 0 saturated carbocycles. The molecule has 3 aliphatic rings. The smallest absolute Gasteiger partial charge is 0.283 e. The van der Waals surface area contributed by atoms with Gasteiger partial charge in [0.2, 0.25) is 5.96 Å². The zero-order valence-electron chi connectivity index (χ0n) is 24.0. The zero-order valence-corrected chi connectivity index (χ0v) is 24.0. The van der Waals surface area contributed by atoms with Crippen LogP contribution in [0.4, 0.5) is 23.4 Å². The number of amides is 2. The average molecular weight is 598 g/mol. The number of aliphatic imine (C=N–C) groups is 1. The molecule has 0 radical (unpaired) electrons. The van der Waals surface area contributed by atoms with Crippen LogP contribution in [0, 0.1) is 17.6 Å². The predicted molar refractivity (Wildman–Crippen MR) is 151 cm³/mol. The number of hydrogen-bond acceptors (Lipinski definition) is 6. The van der Waals surface area contributed by atoms with Gasteiger partial charge in [0.25, 0.3) is 17.7 Å². The van der Waals surface area contributed by atoms with E-state index in [1.54, 1.807) is 15.5 Å². The van der Waals surface area contributed by atoms with Gasteiger partial charge < -0.3 is 9.47 Å². The van der Waals surface area contributed by atoms with E-state index >= 15 is 0 Å². The maximum Gasteiger partial charge on any atom is 0.283 e. The van der Waals surface area contributed by atoms with Crippen LogP contribution in [0.3, 0.4) is 0 Å². The van der Waals surface area contributed by atoms with Crippen molar-refractivity contribution in [2.75, 3.05) is 31.1 Å². The number of carbonyl (C=O) groups is 2. The Morgan fingerprint density at radius 3 is 2.58 bits per heavy atom. The molecule has 2 aromatic heterocycles. The topological polar surface area (TPSA) is 86.9 Å². The van der Waals surface area contributed by atoms with Gasteiger partial charge in [0.15, 0.2) is 17.3 Å². The van der Waals surface area contributed by atoms with Crippen LogP contribution in [-0.2, 0) is 6.54 Å². The second-order valence-corrected chi connectivity index (χ2v) is 11.5. The normalized spacial score (nSPS) is 19.5. The molecule has 1 fully saturated rings. The minimum atomic E-state index is -2.94. The lowest BCUT2D eigenvalue weighted by Gasteiger charge is -2.33. The fraction of sp³-hybridized carbons (Fsp3) is 0.433. The van der Waals surface area contributed by atoms with Gasteiger partial charge in [-0.15, -0.1) is 0 Å². The van der Waals surface area contributed by atoms with Crippen molar-refractivity contribution in [3.05, 3.63) is 65.1 Å². The number of hydrogen-bond donors (Lipinski definition) is 0. The summed E-state index contributed by atoms with van der Waals surface area (Å²) >= 11 is 0. The molecule has 9 nitrogen and oxygen atoms in total. The van der Waals surface area contributed by atoms with E-state index in [0.29, 0.717) is 41.8 Å². The van der Waals surface area contributed by atoms with Crippen LogP contribution >= 0.6 is 0 Å². The van der Waals surface area contributed by atoms with Crippen molar-refractivity contribution in [2.45, 2.75) is 52.1 Å². The first kappa shape index (κ1) is 28.8. The van der Waals surface area contributed by atoms with Crippen molar-refractivity contribution in [3.63, 3.8) is 0 Å². The van der Waals surface area contributed by atoms with Gasteiger partial charge in [-0.3, -0.25) is 24.4 Å².